The number of rotatable bonds is 12. The molecule has 0 aromatic heterocycles. The van der Waals surface area contributed by atoms with Gasteiger partial charge in [0.1, 0.15) is 5.75 Å². The number of benzene rings is 3. The molecule has 2 aliphatic rings. The van der Waals surface area contributed by atoms with E-state index in [9.17, 15) is 9.59 Å². The maximum absolute atomic E-state index is 13.7. The molecule has 0 radical (unpaired) electrons. The summed E-state index contributed by atoms with van der Waals surface area (Å²) in [5.41, 5.74) is 8.60. The molecule has 0 saturated carbocycles. The van der Waals surface area contributed by atoms with Gasteiger partial charge in [-0.3, -0.25) is 9.69 Å². The van der Waals surface area contributed by atoms with Crippen molar-refractivity contribution < 1.29 is 19.4 Å². The standard InChI is InChI=1S/C38H51N3O2.C2H4O2S/c1-6-27(5)34-20-17-31(24-36(34)43-9-4)32-23-35(30-15-18-33(19-16-30)40-21-10-11-22-40)41(25-32)26-37(42)39-38-28(7-2)13-12-14-29(38)8-3;1-5-2(3)4/h12-20,24,27,32,35H,6-11,21-23,25-26H2,1-5H3,(H,39,42);1H3,(H,3,4)/t27?,32-,35-;/m1./s1. The highest BCUT2D eigenvalue weighted by molar-refractivity contribution is 8.12. The molecule has 260 valence electrons. The summed E-state index contributed by atoms with van der Waals surface area (Å²) in [5.74, 6) is 1.87. The van der Waals surface area contributed by atoms with Gasteiger partial charge in [0.15, 0.2) is 0 Å². The van der Waals surface area contributed by atoms with Crippen LogP contribution in [0.2, 0.25) is 0 Å². The van der Waals surface area contributed by atoms with Gasteiger partial charge in [0.2, 0.25) is 5.91 Å². The minimum absolute atomic E-state index is 0.0667. The number of aryl methyl sites for hydroxylation is 2. The quantitative estimate of drug-likeness (QED) is 0.198. The van der Waals surface area contributed by atoms with Gasteiger partial charge in [-0.2, -0.15) is 0 Å². The van der Waals surface area contributed by atoms with Crippen molar-refractivity contribution in [3.05, 3.63) is 88.5 Å². The van der Waals surface area contributed by atoms with Crippen LogP contribution in [0.5, 0.6) is 5.75 Å². The van der Waals surface area contributed by atoms with Crippen molar-refractivity contribution in [3.8, 4) is 5.75 Å². The maximum atomic E-state index is 13.7. The van der Waals surface area contributed by atoms with E-state index in [4.69, 9.17) is 9.84 Å². The number of ether oxygens (including phenoxy) is 1. The lowest BCUT2D eigenvalue weighted by atomic mass is 9.90. The fourth-order valence-electron chi connectivity index (χ4n) is 7.03. The largest absolute Gasteiger partial charge is 0.494 e. The minimum Gasteiger partial charge on any atom is -0.494 e. The number of amides is 1. The average molecular weight is 674 g/mol. The van der Waals surface area contributed by atoms with Crippen LogP contribution in [0.15, 0.2) is 60.7 Å². The predicted octanol–water partition coefficient (Wildman–Crippen LogP) is 9.52. The molecular weight excluding hydrogens is 619 g/mol. The molecule has 7 nitrogen and oxygen atoms in total. The minimum atomic E-state index is -0.829. The number of hydrogen-bond donors (Lipinski definition) is 2. The van der Waals surface area contributed by atoms with E-state index in [-0.39, 0.29) is 11.9 Å². The van der Waals surface area contributed by atoms with Crippen molar-refractivity contribution in [2.24, 2.45) is 0 Å². The molecule has 3 atom stereocenters. The number of nitrogens with zero attached hydrogens (tertiary/aromatic N) is 2. The van der Waals surface area contributed by atoms with Gasteiger partial charge < -0.3 is 20.1 Å². The number of likely N-dealkylation sites (tertiary alicyclic amines) is 1. The molecule has 5 rings (SSSR count). The average Bonchev–Trinajstić information content (AvgIpc) is 3.79. The van der Waals surface area contributed by atoms with Crippen LogP contribution in [0.1, 0.15) is 106 Å². The lowest BCUT2D eigenvalue weighted by Gasteiger charge is -2.25. The highest BCUT2D eigenvalue weighted by Crippen LogP contribution is 2.43. The number of nitrogens with one attached hydrogen (secondary N) is 1. The van der Waals surface area contributed by atoms with Crippen molar-refractivity contribution >= 4 is 34.3 Å². The molecule has 0 bridgehead atoms. The van der Waals surface area contributed by atoms with Crippen molar-refractivity contribution in [2.75, 3.05) is 49.3 Å². The Morgan fingerprint density at radius 3 is 2.15 bits per heavy atom. The third-order valence-electron chi connectivity index (χ3n) is 9.89. The second-order valence-electron chi connectivity index (χ2n) is 12.9. The molecule has 3 aromatic carbocycles. The van der Waals surface area contributed by atoms with Crippen LogP contribution in [0.3, 0.4) is 0 Å². The van der Waals surface area contributed by atoms with Crippen molar-refractivity contribution in [3.63, 3.8) is 0 Å². The van der Waals surface area contributed by atoms with Crippen molar-refractivity contribution in [1.82, 2.24) is 4.90 Å². The Hall–Kier alpha value is -3.49. The molecule has 2 aliphatic heterocycles. The zero-order valence-electron chi connectivity index (χ0n) is 29.8. The first-order valence-electron chi connectivity index (χ1n) is 17.8. The highest BCUT2D eigenvalue weighted by Gasteiger charge is 2.35. The summed E-state index contributed by atoms with van der Waals surface area (Å²) in [7, 11) is 0. The van der Waals surface area contributed by atoms with E-state index in [1.54, 1.807) is 0 Å². The summed E-state index contributed by atoms with van der Waals surface area (Å²) < 4.78 is 6.15. The van der Waals surface area contributed by atoms with E-state index in [0.717, 1.165) is 68.5 Å². The second kappa shape index (κ2) is 18.3. The topological polar surface area (TPSA) is 82.1 Å². The van der Waals surface area contributed by atoms with E-state index in [2.05, 4.69) is 110 Å². The van der Waals surface area contributed by atoms with Gasteiger partial charge in [0.05, 0.1) is 13.2 Å². The lowest BCUT2D eigenvalue weighted by Crippen LogP contribution is -2.33. The van der Waals surface area contributed by atoms with E-state index in [0.29, 0.717) is 25.0 Å². The van der Waals surface area contributed by atoms with Gasteiger partial charge in [-0.1, -0.05) is 70.2 Å². The number of thioether (sulfide) groups is 1. The first-order chi connectivity index (χ1) is 23.2. The third-order valence-corrected chi connectivity index (χ3v) is 10.2. The predicted molar refractivity (Wildman–Crippen MR) is 201 cm³/mol. The molecule has 48 heavy (non-hydrogen) atoms. The molecule has 3 aromatic rings. The van der Waals surface area contributed by atoms with Crippen LogP contribution in [0.25, 0.3) is 0 Å². The number of carboxylic acid groups (broad SMARTS) is 1. The lowest BCUT2D eigenvalue weighted by molar-refractivity contribution is -0.117. The summed E-state index contributed by atoms with van der Waals surface area (Å²) >= 11 is 0.796. The Balaban J connectivity index is 0.000000968. The van der Waals surface area contributed by atoms with Crippen LogP contribution < -0.4 is 15.0 Å². The Morgan fingerprint density at radius 2 is 1.58 bits per heavy atom. The molecular formula is C40H55N3O4S. The third kappa shape index (κ3) is 9.56. The Morgan fingerprint density at radius 1 is 0.958 bits per heavy atom. The monoisotopic (exact) mass is 673 g/mol. The van der Waals surface area contributed by atoms with Crippen LogP contribution >= 0.6 is 11.8 Å². The summed E-state index contributed by atoms with van der Waals surface area (Å²) in [6, 6.07) is 22.6. The Labute approximate surface area is 292 Å². The molecule has 0 aliphatic carbocycles. The van der Waals surface area contributed by atoms with E-state index in [1.165, 1.54) is 52.6 Å². The van der Waals surface area contributed by atoms with Crippen LogP contribution in [-0.4, -0.2) is 60.3 Å². The van der Waals surface area contributed by atoms with Crippen LogP contribution in [0.4, 0.5) is 16.2 Å². The van der Waals surface area contributed by atoms with Gasteiger partial charge in [-0.05, 0) is 121 Å². The maximum Gasteiger partial charge on any atom is 0.364 e. The number of hydrogen-bond acceptors (Lipinski definition) is 6. The van der Waals surface area contributed by atoms with Gasteiger partial charge in [-0.25, -0.2) is 4.79 Å². The molecule has 2 heterocycles. The second-order valence-corrected chi connectivity index (χ2v) is 13.6. The molecule has 0 spiro atoms. The Kier molecular flexibility index (Phi) is 14.2. The first-order valence-corrected chi connectivity index (χ1v) is 19.0. The highest BCUT2D eigenvalue weighted by atomic mass is 32.2. The van der Waals surface area contributed by atoms with Gasteiger partial charge in [0.25, 0.3) is 0 Å². The van der Waals surface area contributed by atoms with E-state index >= 15 is 0 Å². The van der Waals surface area contributed by atoms with Gasteiger partial charge in [0, 0.05) is 37.1 Å². The summed E-state index contributed by atoms with van der Waals surface area (Å²) in [6.45, 7) is 15.0. The summed E-state index contributed by atoms with van der Waals surface area (Å²) in [5, 5.41) is 10.2. The zero-order valence-corrected chi connectivity index (χ0v) is 30.6. The van der Waals surface area contributed by atoms with Crippen LogP contribution in [-0.2, 0) is 17.6 Å². The van der Waals surface area contributed by atoms with Crippen molar-refractivity contribution in [2.45, 2.75) is 91.0 Å². The van der Waals surface area contributed by atoms with E-state index in [1.807, 2.05) is 0 Å². The Bertz CT molecular complexity index is 1470. The summed E-state index contributed by atoms with van der Waals surface area (Å²) in [4.78, 5) is 27.9. The summed E-state index contributed by atoms with van der Waals surface area (Å²) in [6.07, 6.45) is 7.93. The molecule has 2 saturated heterocycles. The SMILES string of the molecule is CCOc1cc([C@@H]2C[C@H](c3ccc(N4CCCC4)cc3)N(CC(=O)Nc3c(CC)cccc3CC)C2)ccc1C(C)CC.CSC(=O)O. The number of carbonyl (C=O) groups is 2. The molecule has 8 heteroatoms. The number of carbonyl (C=O) groups excluding carboxylic acids is 1. The van der Waals surface area contributed by atoms with Crippen molar-refractivity contribution in [1.29, 1.82) is 0 Å². The molecule has 1 amide bonds. The normalized spacial score (nSPS) is 18.2. The van der Waals surface area contributed by atoms with E-state index < -0.39 is 5.30 Å². The zero-order chi connectivity index (χ0) is 34.6. The fraction of sp³-hybridized carbons (Fsp3) is 0.500. The number of anilines is 2. The number of para-hydroxylation sites is 1. The van der Waals surface area contributed by atoms with Crippen LogP contribution in [0, 0.1) is 0 Å². The molecule has 2 fully saturated rings. The molecule has 2 N–H and O–H groups in total. The van der Waals surface area contributed by atoms with Gasteiger partial charge >= 0.3 is 5.30 Å². The fourth-order valence-corrected chi connectivity index (χ4v) is 7.03. The van der Waals surface area contributed by atoms with Gasteiger partial charge in [-0.15, -0.1) is 0 Å². The molecule has 1 unspecified atom stereocenters. The smallest absolute Gasteiger partial charge is 0.364 e. The first kappa shape index (κ1) is 37.3.